The highest BCUT2D eigenvalue weighted by Gasteiger charge is 2.51. The normalized spacial score (nSPS) is 19.7. The number of aryl methyl sites for hydroxylation is 1. The Kier molecular flexibility index (Phi) is 3.71. The summed E-state index contributed by atoms with van der Waals surface area (Å²) in [4.78, 5) is 24.2. The summed E-state index contributed by atoms with van der Waals surface area (Å²) in [6, 6.07) is 12.3. The third kappa shape index (κ3) is 2.31. The number of esters is 1. The van der Waals surface area contributed by atoms with Gasteiger partial charge in [-0.3, -0.25) is 9.59 Å². The van der Waals surface area contributed by atoms with Gasteiger partial charge in [-0.25, -0.2) is 0 Å². The zero-order valence-electron chi connectivity index (χ0n) is 11.7. The average Bonchev–Trinajstić information content (AvgIpc) is 2.72. The van der Waals surface area contributed by atoms with Crippen LogP contribution in [0, 0.1) is 6.92 Å². The van der Waals surface area contributed by atoms with E-state index in [1.807, 2.05) is 31.2 Å². The number of carbonyl (C=O) groups excluding carboxylic acids is 2. The van der Waals surface area contributed by atoms with E-state index in [4.69, 9.17) is 27.9 Å². The molecule has 0 saturated heterocycles. The van der Waals surface area contributed by atoms with Crippen molar-refractivity contribution in [2.75, 3.05) is 0 Å². The van der Waals surface area contributed by atoms with Crippen molar-refractivity contribution in [3.8, 4) is 5.75 Å². The van der Waals surface area contributed by atoms with Crippen molar-refractivity contribution >= 4 is 34.4 Å². The second kappa shape index (κ2) is 5.41. The molecule has 22 heavy (non-hydrogen) atoms. The van der Waals surface area contributed by atoms with Gasteiger partial charge in [0.05, 0.1) is 0 Å². The zero-order valence-corrected chi connectivity index (χ0v) is 13.2. The van der Waals surface area contributed by atoms with E-state index >= 15 is 0 Å². The summed E-state index contributed by atoms with van der Waals surface area (Å²) in [5.41, 5.74) is 1.04. The van der Waals surface area contributed by atoms with Crippen molar-refractivity contribution in [3.63, 3.8) is 0 Å². The smallest absolute Gasteiger partial charge is 0.327 e. The lowest BCUT2D eigenvalue weighted by Gasteiger charge is -2.25. The maximum atomic E-state index is 12.6. The summed E-state index contributed by atoms with van der Waals surface area (Å²) < 4.78 is 5.35. The third-order valence-electron chi connectivity index (χ3n) is 3.90. The van der Waals surface area contributed by atoms with Crippen LogP contribution in [0.1, 0.15) is 23.1 Å². The molecule has 3 nitrogen and oxygen atoms in total. The highest BCUT2D eigenvalue weighted by Crippen LogP contribution is 2.48. The van der Waals surface area contributed by atoms with Crippen molar-refractivity contribution in [1.82, 2.24) is 0 Å². The number of rotatable bonds is 3. The summed E-state index contributed by atoms with van der Waals surface area (Å²) in [6.45, 7) is 1.95. The molecule has 3 rings (SSSR count). The van der Waals surface area contributed by atoms with E-state index in [1.54, 1.807) is 18.2 Å². The van der Waals surface area contributed by atoms with E-state index in [1.165, 1.54) is 0 Å². The molecule has 0 N–H and O–H groups in total. The standard InChI is InChI=1S/C17H12Cl2O3/c1-10-2-4-11(5-3-10)17(9-15(19)20)13-8-12(18)6-7-14(13)22-16(17)21/h2-8H,9H2,1H3. The van der Waals surface area contributed by atoms with Gasteiger partial charge in [0, 0.05) is 17.0 Å². The van der Waals surface area contributed by atoms with Gasteiger partial charge in [0.2, 0.25) is 5.24 Å². The molecule has 0 radical (unpaired) electrons. The van der Waals surface area contributed by atoms with Gasteiger partial charge in [-0.05, 0) is 42.3 Å². The fourth-order valence-corrected chi connectivity index (χ4v) is 3.18. The number of fused-ring (bicyclic) bond motifs is 1. The predicted molar refractivity (Wildman–Crippen MR) is 84.5 cm³/mol. The van der Waals surface area contributed by atoms with Crippen molar-refractivity contribution in [3.05, 3.63) is 64.2 Å². The summed E-state index contributed by atoms with van der Waals surface area (Å²) in [6.07, 6.45) is -0.177. The van der Waals surface area contributed by atoms with Crippen LogP contribution in [-0.4, -0.2) is 11.2 Å². The van der Waals surface area contributed by atoms with E-state index in [-0.39, 0.29) is 6.42 Å². The minimum Gasteiger partial charge on any atom is -0.425 e. The van der Waals surface area contributed by atoms with Crippen molar-refractivity contribution in [2.45, 2.75) is 18.8 Å². The van der Waals surface area contributed by atoms with Crippen LogP contribution in [0.15, 0.2) is 42.5 Å². The lowest BCUT2D eigenvalue weighted by Crippen LogP contribution is -2.36. The Morgan fingerprint density at radius 3 is 2.50 bits per heavy atom. The molecule has 5 heteroatoms. The molecule has 112 valence electrons. The minimum atomic E-state index is -1.24. The monoisotopic (exact) mass is 334 g/mol. The Balaban J connectivity index is 2.27. The van der Waals surface area contributed by atoms with E-state index < -0.39 is 16.6 Å². The lowest BCUT2D eigenvalue weighted by molar-refractivity contribution is -0.138. The molecule has 2 aromatic carbocycles. The predicted octanol–water partition coefficient (Wildman–Crippen LogP) is 4.01. The summed E-state index contributed by atoms with van der Waals surface area (Å²) in [5, 5.41) is -0.138. The summed E-state index contributed by atoms with van der Waals surface area (Å²) in [5.74, 6) is -0.101. The minimum absolute atomic E-state index is 0.177. The Morgan fingerprint density at radius 2 is 1.86 bits per heavy atom. The molecule has 0 bridgehead atoms. The first-order valence-corrected chi connectivity index (χ1v) is 7.47. The number of carbonyl (C=O) groups is 2. The van der Waals surface area contributed by atoms with Crippen LogP contribution in [0.2, 0.25) is 5.02 Å². The fourth-order valence-electron chi connectivity index (χ4n) is 2.81. The molecular weight excluding hydrogens is 323 g/mol. The highest BCUT2D eigenvalue weighted by atomic mass is 35.5. The van der Waals surface area contributed by atoms with E-state index in [0.717, 1.165) is 5.56 Å². The number of benzene rings is 2. The van der Waals surface area contributed by atoms with Gasteiger partial charge < -0.3 is 4.74 Å². The molecule has 0 aromatic heterocycles. The number of ether oxygens (including phenoxy) is 1. The molecule has 0 amide bonds. The van der Waals surface area contributed by atoms with Crippen molar-refractivity contribution in [2.24, 2.45) is 0 Å². The highest BCUT2D eigenvalue weighted by molar-refractivity contribution is 6.63. The Hall–Kier alpha value is -1.84. The third-order valence-corrected chi connectivity index (χ3v) is 4.27. The van der Waals surface area contributed by atoms with Crippen LogP contribution < -0.4 is 4.74 Å². The molecule has 1 heterocycles. The van der Waals surface area contributed by atoms with E-state index in [2.05, 4.69) is 0 Å². The molecule has 1 atom stereocenters. The molecule has 0 spiro atoms. The summed E-state index contributed by atoms with van der Waals surface area (Å²) >= 11 is 11.7. The van der Waals surface area contributed by atoms with Crippen LogP contribution in [0.5, 0.6) is 5.75 Å². The van der Waals surface area contributed by atoms with Gasteiger partial charge in [0.25, 0.3) is 0 Å². The van der Waals surface area contributed by atoms with Crippen LogP contribution >= 0.6 is 23.2 Å². The van der Waals surface area contributed by atoms with Gasteiger partial charge in [0.15, 0.2) is 0 Å². The largest absolute Gasteiger partial charge is 0.425 e. The first-order chi connectivity index (χ1) is 10.4. The molecule has 1 aliphatic rings. The first-order valence-electron chi connectivity index (χ1n) is 6.71. The molecular formula is C17H12Cl2O3. The number of halogens is 2. The molecule has 1 unspecified atom stereocenters. The quantitative estimate of drug-likeness (QED) is 0.484. The SMILES string of the molecule is Cc1ccc(C2(CC(=O)Cl)C(=O)Oc3ccc(Cl)cc32)cc1. The van der Waals surface area contributed by atoms with E-state index in [9.17, 15) is 9.59 Å². The van der Waals surface area contributed by atoms with Gasteiger partial charge in [-0.15, -0.1) is 0 Å². The number of hydrogen-bond donors (Lipinski definition) is 0. The topological polar surface area (TPSA) is 43.4 Å². The number of hydrogen-bond acceptors (Lipinski definition) is 3. The van der Waals surface area contributed by atoms with Crippen LogP contribution in [0.3, 0.4) is 0 Å². The van der Waals surface area contributed by atoms with Gasteiger partial charge >= 0.3 is 5.97 Å². The molecule has 0 fully saturated rings. The molecule has 0 saturated carbocycles. The van der Waals surface area contributed by atoms with Gasteiger partial charge in [0.1, 0.15) is 11.2 Å². The lowest BCUT2D eigenvalue weighted by atomic mass is 9.73. The Labute approximate surface area is 137 Å². The first kappa shape index (κ1) is 15.1. The maximum Gasteiger partial charge on any atom is 0.327 e. The molecule has 1 aliphatic heterocycles. The van der Waals surface area contributed by atoms with Crippen LogP contribution in [0.25, 0.3) is 0 Å². The maximum absolute atomic E-state index is 12.6. The van der Waals surface area contributed by atoms with Crippen LogP contribution in [0.4, 0.5) is 0 Å². The summed E-state index contributed by atoms with van der Waals surface area (Å²) in [7, 11) is 0. The molecule has 0 aliphatic carbocycles. The zero-order chi connectivity index (χ0) is 15.9. The van der Waals surface area contributed by atoms with Crippen LogP contribution in [-0.2, 0) is 15.0 Å². The Morgan fingerprint density at radius 1 is 1.18 bits per heavy atom. The molecule has 2 aromatic rings. The second-order valence-corrected chi connectivity index (χ2v) is 6.19. The van der Waals surface area contributed by atoms with Gasteiger partial charge in [-0.1, -0.05) is 41.4 Å². The van der Waals surface area contributed by atoms with Crippen molar-refractivity contribution < 1.29 is 14.3 Å². The Bertz CT molecular complexity index is 768. The average molecular weight is 335 g/mol. The van der Waals surface area contributed by atoms with Gasteiger partial charge in [-0.2, -0.15) is 0 Å². The fraction of sp³-hybridized carbons (Fsp3) is 0.176. The van der Waals surface area contributed by atoms with Crippen molar-refractivity contribution in [1.29, 1.82) is 0 Å². The second-order valence-electron chi connectivity index (χ2n) is 5.33. The van der Waals surface area contributed by atoms with E-state index in [0.29, 0.717) is 21.9 Å².